The average molecular weight is 218 g/mol. The summed E-state index contributed by atoms with van der Waals surface area (Å²) in [6.45, 7) is 1.00. The fourth-order valence-electron chi connectivity index (χ4n) is 2.76. The van der Waals surface area contributed by atoms with Gasteiger partial charge in [-0.25, -0.2) is 0 Å². The Balaban J connectivity index is 1.86. The number of aromatic hydroxyl groups is 1. The monoisotopic (exact) mass is 218 g/mol. The van der Waals surface area contributed by atoms with Gasteiger partial charge in [0.25, 0.3) is 0 Å². The number of likely N-dealkylation sites (tertiary alicyclic amines) is 1. The van der Waals surface area contributed by atoms with Crippen LogP contribution in [0.5, 0.6) is 5.75 Å². The van der Waals surface area contributed by atoms with Gasteiger partial charge < -0.3 is 10.8 Å². The third-order valence-corrected chi connectivity index (χ3v) is 3.64. The summed E-state index contributed by atoms with van der Waals surface area (Å²) in [5.41, 5.74) is 7.26. The van der Waals surface area contributed by atoms with Crippen LogP contribution in [0.15, 0.2) is 24.3 Å². The van der Waals surface area contributed by atoms with Gasteiger partial charge in [-0.15, -0.1) is 0 Å². The summed E-state index contributed by atoms with van der Waals surface area (Å²) in [5.74, 6) is 0.355. The summed E-state index contributed by atoms with van der Waals surface area (Å²) in [5, 5.41) is 9.53. The lowest BCUT2D eigenvalue weighted by Crippen LogP contribution is -2.29. The fourth-order valence-corrected chi connectivity index (χ4v) is 2.76. The highest BCUT2D eigenvalue weighted by atomic mass is 16.3. The highest BCUT2D eigenvalue weighted by Gasteiger charge is 2.40. The van der Waals surface area contributed by atoms with E-state index in [1.54, 1.807) is 6.07 Å². The molecule has 1 aliphatic heterocycles. The molecule has 0 aromatic heterocycles. The summed E-state index contributed by atoms with van der Waals surface area (Å²) in [6, 6.07) is 9.04. The Kier molecular flexibility index (Phi) is 2.37. The molecule has 3 N–H and O–H groups in total. The molecule has 0 radical (unpaired) electrons. The van der Waals surface area contributed by atoms with Crippen molar-refractivity contribution in [2.24, 2.45) is 5.73 Å². The Hall–Kier alpha value is -1.06. The van der Waals surface area contributed by atoms with Crippen molar-refractivity contribution in [3.05, 3.63) is 29.8 Å². The number of rotatable bonds is 2. The second-order valence-electron chi connectivity index (χ2n) is 5.03. The second kappa shape index (κ2) is 3.75. The minimum Gasteiger partial charge on any atom is -0.508 e. The van der Waals surface area contributed by atoms with Gasteiger partial charge in [-0.3, -0.25) is 4.90 Å². The van der Waals surface area contributed by atoms with E-state index in [4.69, 9.17) is 5.73 Å². The molecule has 86 valence electrons. The molecule has 1 aromatic rings. The number of hydrogen-bond acceptors (Lipinski definition) is 3. The maximum Gasteiger partial charge on any atom is 0.115 e. The first-order valence-electron chi connectivity index (χ1n) is 6.04. The van der Waals surface area contributed by atoms with Crippen molar-refractivity contribution < 1.29 is 5.11 Å². The summed E-state index contributed by atoms with van der Waals surface area (Å²) in [7, 11) is 0. The number of nitrogens with zero attached hydrogens (tertiary/aromatic N) is 1. The molecule has 3 rings (SSSR count). The molecule has 0 spiro atoms. The van der Waals surface area contributed by atoms with Crippen molar-refractivity contribution in [2.45, 2.75) is 37.4 Å². The van der Waals surface area contributed by atoms with Crippen molar-refractivity contribution in [2.75, 3.05) is 6.54 Å². The first-order chi connectivity index (χ1) is 7.74. The van der Waals surface area contributed by atoms with Gasteiger partial charge in [0.1, 0.15) is 5.75 Å². The van der Waals surface area contributed by atoms with Crippen LogP contribution in [-0.4, -0.2) is 28.6 Å². The van der Waals surface area contributed by atoms with Gasteiger partial charge in [0.05, 0.1) is 0 Å². The lowest BCUT2D eigenvalue weighted by Gasteiger charge is -2.24. The number of nitrogens with two attached hydrogens (primary N) is 1. The molecule has 1 aliphatic carbocycles. The molecular formula is C13H18N2O. The molecule has 2 fully saturated rings. The van der Waals surface area contributed by atoms with Gasteiger partial charge in [-0.05, 0) is 37.0 Å². The molecule has 0 bridgehead atoms. The normalized spacial score (nSPS) is 30.8. The lowest BCUT2D eigenvalue weighted by atomic mass is 10.0. The molecular weight excluding hydrogens is 200 g/mol. The number of benzene rings is 1. The molecule has 1 aromatic carbocycles. The van der Waals surface area contributed by atoms with E-state index in [9.17, 15) is 5.11 Å². The van der Waals surface area contributed by atoms with Crippen molar-refractivity contribution >= 4 is 0 Å². The maximum atomic E-state index is 9.53. The van der Waals surface area contributed by atoms with Crippen LogP contribution in [0.4, 0.5) is 0 Å². The van der Waals surface area contributed by atoms with Crippen LogP contribution in [0, 0.1) is 0 Å². The Morgan fingerprint density at radius 2 is 2.12 bits per heavy atom. The van der Waals surface area contributed by atoms with E-state index >= 15 is 0 Å². The molecule has 1 saturated heterocycles. The maximum absolute atomic E-state index is 9.53. The quantitative estimate of drug-likeness (QED) is 0.793. The standard InChI is InChI=1S/C13H18N2O/c14-10-7-13(15(8-10)11-4-5-11)9-2-1-3-12(16)6-9/h1-3,6,10-11,13,16H,4-5,7-8,14H2. The van der Waals surface area contributed by atoms with Gasteiger partial charge in [0, 0.05) is 24.7 Å². The zero-order valence-corrected chi connectivity index (χ0v) is 9.34. The first-order valence-corrected chi connectivity index (χ1v) is 6.04. The summed E-state index contributed by atoms with van der Waals surface area (Å²) < 4.78 is 0. The van der Waals surface area contributed by atoms with Crippen LogP contribution in [0.3, 0.4) is 0 Å². The Labute approximate surface area is 95.9 Å². The Morgan fingerprint density at radius 3 is 2.81 bits per heavy atom. The van der Waals surface area contributed by atoms with Crippen LogP contribution in [-0.2, 0) is 0 Å². The van der Waals surface area contributed by atoms with Crippen LogP contribution in [0.2, 0.25) is 0 Å². The zero-order chi connectivity index (χ0) is 11.1. The molecule has 2 atom stereocenters. The molecule has 0 amide bonds. The minimum atomic E-state index is 0.285. The van der Waals surface area contributed by atoms with Crippen LogP contribution >= 0.6 is 0 Å². The van der Waals surface area contributed by atoms with E-state index in [0.29, 0.717) is 11.8 Å². The number of phenolic OH excluding ortho intramolecular Hbond substituents is 1. The van der Waals surface area contributed by atoms with E-state index in [2.05, 4.69) is 11.0 Å². The Bertz CT molecular complexity index is 389. The van der Waals surface area contributed by atoms with Gasteiger partial charge in [0.2, 0.25) is 0 Å². The van der Waals surface area contributed by atoms with Crippen LogP contribution < -0.4 is 5.73 Å². The topological polar surface area (TPSA) is 49.5 Å². The van der Waals surface area contributed by atoms with E-state index in [1.807, 2.05) is 12.1 Å². The van der Waals surface area contributed by atoms with Crippen LogP contribution in [0.25, 0.3) is 0 Å². The fraction of sp³-hybridized carbons (Fsp3) is 0.538. The third-order valence-electron chi connectivity index (χ3n) is 3.64. The SMILES string of the molecule is NC1CC(c2cccc(O)c2)N(C2CC2)C1. The minimum absolute atomic E-state index is 0.285. The molecule has 16 heavy (non-hydrogen) atoms. The zero-order valence-electron chi connectivity index (χ0n) is 9.34. The molecule has 3 heteroatoms. The highest BCUT2D eigenvalue weighted by molar-refractivity contribution is 5.30. The third kappa shape index (κ3) is 1.81. The molecule has 1 heterocycles. The van der Waals surface area contributed by atoms with Gasteiger partial charge >= 0.3 is 0 Å². The van der Waals surface area contributed by atoms with Gasteiger partial charge in [-0.2, -0.15) is 0 Å². The average Bonchev–Trinajstić information content (AvgIpc) is 3.02. The first kappa shape index (κ1) is 10.1. The smallest absolute Gasteiger partial charge is 0.115 e. The second-order valence-corrected chi connectivity index (χ2v) is 5.03. The van der Waals surface area contributed by atoms with E-state index < -0.39 is 0 Å². The molecule has 2 unspecified atom stereocenters. The van der Waals surface area contributed by atoms with Crippen LogP contribution in [0.1, 0.15) is 30.9 Å². The predicted molar refractivity (Wildman–Crippen MR) is 63.2 cm³/mol. The van der Waals surface area contributed by atoms with Gasteiger partial charge in [-0.1, -0.05) is 12.1 Å². The van der Waals surface area contributed by atoms with E-state index in [0.717, 1.165) is 19.0 Å². The largest absolute Gasteiger partial charge is 0.508 e. The number of hydrogen-bond donors (Lipinski definition) is 2. The lowest BCUT2D eigenvalue weighted by molar-refractivity contribution is 0.245. The van der Waals surface area contributed by atoms with E-state index in [1.165, 1.54) is 18.4 Å². The predicted octanol–water partition coefficient (Wildman–Crippen LogP) is 1.63. The van der Waals surface area contributed by atoms with Crippen molar-refractivity contribution in [3.8, 4) is 5.75 Å². The molecule has 3 nitrogen and oxygen atoms in total. The summed E-state index contributed by atoms with van der Waals surface area (Å²) in [6.07, 6.45) is 3.63. The van der Waals surface area contributed by atoms with E-state index in [-0.39, 0.29) is 6.04 Å². The Morgan fingerprint density at radius 1 is 1.31 bits per heavy atom. The molecule has 1 saturated carbocycles. The summed E-state index contributed by atoms with van der Waals surface area (Å²) in [4.78, 5) is 2.51. The van der Waals surface area contributed by atoms with Gasteiger partial charge in [0.15, 0.2) is 0 Å². The highest BCUT2D eigenvalue weighted by Crippen LogP contribution is 2.40. The molecule has 2 aliphatic rings. The van der Waals surface area contributed by atoms with Crippen molar-refractivity contribution in [3.63, 3.8) is 0 Å². The van der Waals surface area contributed by atoms with Crippen molar-refractivity contribution in [1.29, 1.82) is 0 Å². The number of phenols is 1. The van der Waals surface area contributed by atoms with Crippen molar-refractivity contribution in [1.82, 2.24) is 4.90 Å². The summed E-state index contributed by atoms with van der Waals surface area (Å²) >= 11 is 0.